The number of rotatable bonds is 4. The largest absolute Gasteiger partial charge is 0.372 e. The summed E-state index contributed by atoms with van der Waals surface area (Å²) in [5, 5.41) is 3.01. The van der Waals surface area contributed by atoms with E-state index in [0.717, 1.165) is 24.1 Å². The monoisotopic (exact) mass is 235 g/mol. The second kappa shape index (κ2) is 5.31. The van der Waals surface area contributed by atoms with E-state index < -0.39 is 0 Å². The van der Waals surface area contributed by atoms with E-state index in [0.29, 0.717) is 0 Å². The first-order chi connectivity index (χ1) is 8.19. The molecule has 0 radical (unpaired) electrons. The van der Waals surface area contributed by atoms with E-state index in [-0.39, 0.29) is 0 Å². The Labute approximate surface area is 103 Å². The van der Waals surface area contributed by atoms with E-state index in [9.17, 15) is 0 Å². The molecule has 1 fully saturated rings. The van der Waals surface area contributed by atoms with Gasteiger partial charge >= 0.3 is 0 Å². The third kappa shape index (κ3) is 3.06. The van der Waals surface area contributed by atoms with Gasteiger partial charge in [-0.3, -0.25) is 4.98 Å². The molecule has 5 nitrogen and oxygen atoms in total. The lowest BCUT2D eigenvalue weighted by atomic mass is 10.1. The summed E-state index contributed by atoms with van der Waals surface area (Å²) in [6.07, 6.45) is 4.83. The lowest BCUT2D eigenvalue weighted by Gasteiger charge is -2.22. The predicted octanol–water partition coefficient (Wildman–Crippen LogP) is 0.906. The van der Waals surface area contributed by atoms with Gasteiger partial charge in [0.05, 0.1) is 12.4 Å². The molecule has 94 valence electrons. The molecule has 0 aliphatic carbocycles. The molecule has 1 saturated heterocycles. The Morgan fingerprint density at radius 1 is 1.53 bits per heavy atom. The van der Waals surface area contributed by atoms with Crippen molar-refractivity contribution >= 4 is 11.6 Å². The van der Waals surface area contributed by atoms with Crippen molar-refractivity contribution in [1.29, 1.82) is 0 Å². The summed E-state index contributed by atoms with van der Waals surface area (Å²) < 4.78 is 0. The van der Waals surface area contributed by atoms with Gasteiger partial charge in [-0.1, -0.05) is 0 Å². The van der Waals surface area contributed by atoms with Gasteiger partial charge in [-0.05, 0) is 25.9 Å². The number of nitrogens with zero attached hydrogens (tertiary/aromatic N) is 4. The molecule has 5 heteroatoms. The van der Waals surface area contributed by atoms with Gasteiger partial charge in [-0.2, -0.15) is 0 Å². The van der Waals surface area contributed by atoms with Crippen LogP contribution in [-0.2, 0) is 0 Å². The van der Waals surface area contributed by atoms with Crippen LogP contribution in [0.2, 0.25) is 0 Å². The van der Waals surface area contributed by atoms with Crippen LogP contribution in [0.25, 0.3) is 0 Å². The van der Waals surface area contributed by atoms with Crippen molar-refractivity contribution in [2.75, 3.05) is 51.0 Å². The Kier molecular flexibility index (Phi) is 3.78. The van der Waals surface area contributed by atoms with Crippen LogP contribution in [-0.4, -0.2) is 55.6 Å². The van der Waals surface area contributed by atoms with Crippen molar-refractivity contribution in [1.82, 2.24) is 14.9 Å². The van der Waals surface area contributed by atoms with Crippen LogP contribution in [0.15, 0.2) is 12.4 Å². The van der Waals surface area contributed by atoms with E-state index in [1.807, 2.05) is 13.2 Å². The number of hydrogen-bond acceptors (Lipinski definition) is 5. The Morgan fingerprint density at radius 3 is 3.00 bits per heavy atom. The summed E-state index contributed by atoms with van der Waals surface area (Å²) >= 11 is 0. The second-order valence-corrected chi connectivity index (χ2v) is 4.81. The Hall–Kier alpha value is -1.36. The molecule has 0 saturated carbocycles. The highest BCUT2D eigenvalue weighted by Crippen LogP contribution is 2.18. The zero-order valence-corrected chi connectivity index (χ0v) is 10.8. The first kappa shape index (κ1) is 12.1. The molecule has 2 rings (SSSR count). The maximum Gasteiger partial charge on any atom is 0.149 e. The van der Waals surface area contributed by atoms with Gasteiger partial charge in [0.25, 0.3) is 0 Å². The normalized spacial score (nSPS) is 20.5. The zero-order chi connectivity index (χ0) is 12.3. The third-order valence-electron chi connectivity index (χ3n) is 3.29. The van der Waals surface area contributed by atoms with E-state index in [4.69, 9.17) is 0 Å². The van der Waals surface area contributed by atoms with Gasteiger partial charge in [0.1, 0.15) is 11.6 Å². The zero-order valence-electron chi connectivity index (χ0n) is 10.8. The molecule has 17 heavy (non-hydrogen) atoms. The second-order valence-electron chi connectivity index (χ2n) is 4.81. The Morgan fingerprint density at radius 2 is 2.35 bits per heavy atom. The molecule has 0 bridgehead atoms. The molecule has 0 amide bonds. The van der Waals surface area contributed by atoms with Crippen LogP contribution in [0.1, 0.15) is 6.42 Å². The smallest absolute Gasteiger partial charge is 0.149 e. The van der Waals surface area contributed by atoms with Gasteiger partial charge in [-0.15, -0.1) is 0 Å². The van der Waals surface area contributed by atoms with Crippen LogP contribution in [0.4, 0.5) is 11.6 Å². The molecule has 1 aliphatic heterocycles. The molecule has 1 N–H and O–H groups in total. The number of aromatic nitrogens is 2. The maximum atomic E-state index is 4.49. The Bertz CT molecular complexity index is 368. The molecular formula is C12H21N5. The first-order valence-electron chi connectivity index (χ1n) is 6.08. The van der Waals surface area contributed by atoms with E-state index in [1.54, 1.807) is 6.20 Å². The molecule has 1 unspecified atom stereocenters. The summed E-state index contributed by atoms with van der Waals surface area (Å²) in [5.41, 5.74) is 0. The van der Waals surface area contributed by atoms with Crippen molar-refractivity contribution in [2.24, 2.45) is 5.92 Å². The van der Waals surface area contributed by atoms with E-state index in [2.05, 4.69) is 39.2 Å². The summed E-state index contributed by atoms with van der Waals surface area (Å²) in [6.45, 7) is 3.44. The lowest BCUT2D eigenvalue weighted by Crippen LogP contribution is -2.28. The van der Waals surface area contributed by atoms with Crippen LogP contribution in [0, 0.1) is 5.92 Å². The molecule has 0 spiro atoms. The standard InChI is InChI=1S/C12H21N5/c1-13-11-6-14-7-12(15-11)17(3)9-10-4-5-16(2)8-10/h6-7,10H,4-5,8-9H2,1-3H3,(H,13,15). The predicted molar refractivity (Wildman–Crippen MR) is 70.5 cm³/mol. The van der Waals surface area contributed by atoms with Crippen molar-refractivity contribution in [3.05, 3.63) is 12.4 Å². The molecule has 1 aromatic rings. The third-order valence-corrected chi connectivity index (χ3v) is 3.29. The van der Waals surface area contributed by atoms with Gasteiger partial charge in [0.2, 0.25) is 0 Å². The quantitative estimate of drug-likeness (QED) is 0.840. The van der Waals surface area contributed by atoms with Gasteiger partial charge < -0.3 is 15.1 Å². The number of nitrogens with one attached hydrogen (secondary N) is 1. The fourth-order valence-corrected chi connectivity index (χ4v) is 2.32. The van der Waals surface area contributed by atoms with Crippen LogP contribution in [0.5, 0.6) is 0 Å². The molecule has 1 aromatic heterocycles. The molecule has 1 atom stereocenters. The summed E-state index contributed by atoms with van der Waals surface area (Å²) in [6, 6.07) is 0. The van der Waals surface area contributed by atoms with E-state index >= 15 is 0 Å². The maximum absolute atomic E-state index is 4.49. The minimum Gasteiger partial charge on any atom is -0.372 e. The van der Waals surface area contributed by atoms with Crippen molar-refractivity contribution in [3.8, 4) is 0 Å². The lowest BCUT2D eigenvalue weighted by molar-refractivity contribution is 0.395. The average molecular weight is 235 g/mol. The molecule has 2 heterocycles. The fraction of sp³-hybridized carbons (Fsp3) is 0.667. The summed E-state index contributed by atoms with van der Waals surface area (Å²) in [4.78, 5) is 13.3. The van der Waals surface area contributed by atoms with Crippen molar-refractivity contribution in [2.45, 2.75) is 6.42 Å². The van der Waals surface area contributed by atoms with Gasteiger partial charge in [0, 0.05) is 27.2 Å². The fourth-order valence-electron chi connectivity index (χ4n) is 2.32. The highest BCUT2D eigenvalue weighted by molar-refractivity contribution is 5.42. The minimum atomic E-state index is 0.741. The highest BCUT2D eigenvalue weighted by Gasteiger charge is 2.21. The SMILES string of the molecule is CNc1cncc(N(C)CC2CCN(C)C2)n1. The average Bonchev–Trinajstić information content (AvgIpc) is 2.75. The Balaban J connectivity index is 1.96. The van der Waals surface area contributed by atoms with Crippen LogP contribution in [0.3, 0.4) is 0 Å². The number of hydrogen-bond donors (Lipinski definition) is 1. The van der Waals surface area contributed by atoms with Crippen LogP contribution < -0.4 is 10.2 Å². The number of anilines is 2. The van der Waals surface area contributed by atoms with Crippen molar-refractivity contribution < 1.29 is 0 Å². The minimum absolute atomic E-state index is 0.741. The molecule has 0 aromatic carbocycles. The van der Waals surface area contributed by atoms with Crippen molar-refractivity contribution in [3.63, 3.8) is 0 Å². The topological polar surface area (TPSA) is 44.3 Å². The highest BCUT2D eigenvalue weighted by atomic mass is 15.2. The summed E-state index contributed by atoms with van der Waals surface area (Å²) in [7, 11) is 6.13. The molecular weight excluding hydrogens is 214 g/mol. The van der Waals surface area contributed by atoms with Gasteiger partial charge in [-0.25, -0.2) is 4.98 Å². The first-order valence-corrected chi connectivity index (χ1v) is 6.08. The summed E-state index contributed by atoms with van der Waals surface area (Å²) in [5.74, 6) is 2.49. The van der Waals surface area contributed by atoms with Crippen LogP contribution >= 0.6 is 0 Å². The van der Waals surface area contributed by atoms with E-state index in [1.165, 1.54) is 19.5 Å². The number of likely N-dealkylation sites (tertiary alicyclic amines) is 1. The molecule has 1 aliphatic rings. The van der Waals surface area contributed by atoms with Gasteiger partial charge in [0.15, 0.2) is 0 Å².